The van der Waals surface area contributed by atoms with Gasteiger partial charge in [-0.1, -0.05) is 18.2 Å². The van der Waals surface area contributed by atoms with Gasteiger partial charge in [-0.3, -0.25) is 4.79 Å². The lowest BCUT2D eigenvalue weighted by Gasteiger charge is -2.10. The van der Waals surface area contributed by atoms with Crippen molar-refractivity contribution in [2.24, 2.45) is 0 Å². The van der Waals surface area contributed by atoms with E-state index in [1.165, 1.54) is 0 Å². The van der Waals surface area contributed by atoms with Gasteiger partial charge in [0.2, 0.25) is 5.91 Å². The summed E-state index contributed by atoms with van der Waals surface area (Å²) >= 11 is 0. The molecule has 1 aliphatic rings. The minimum atomic E-state index is -1.43. The van der Waals surface area contributed by atoms with Gasteiger partial charge in [-0.2, -0.15) is 5.10 Å². The van der Waals surface area contributed by atoms with Crippen LogP contribution < -0.4 is 5.32 Å². The van der Waals surface area contributed by atoms with Gasteiger partial charge in [0.25, 0.3) is 0 Å². The zero-order valence-electron chi connectivity index (χ0n) is 12.5. The number of anilines is 1. The average Bonchev–Trinajstić information content (AvgIpc) is 3.12. The van der Waals surface area contributed by atoms with Crippen molar-refractivity contribution in [3.8, 4) is 0 Å². The smallest absolute Gasteiger partial charge is 0.338 e. The largest absolute Gasteiger partial charge is 0.478 e. The number of hydrogen-bond acceptors (Lipinski definition) is 5. The molecule has 2 aromatic heterocycles. The Balaban J connectivity index is 2.05. The van der Waals surface area contributed by atoms with Gasteiger partial charge in [-0.25, -0.2) is 19.1 Å². The molecule has 0 saturated heterocycles. The van der Waals surface area contributed by atoms with Crippen molar-refractivity contribution in [1.82, 2.24) is 14.6 Å². The van der Waals surface area contributed by atoms with E-state index in [0.717, 1.165) is 17.0 Å². The molecule has 3 N–H and O–H groups in total. The third kappa shape index (κ3) is 2.06. The molecule has 9 heteroatoms. The van der Waals surface area contributed by atoms with Crippen LogP contribution in [-0.2, 0) is 4.79 Å². The van der Waals surface area contributed by atoms with Crippen molar-refractivity contribution < 1.29 is 24.6 Å². The molecule has 124 valence electrons. The second kappa shape index (κ2) is 5.13. The van der Waals surface area contributed by atoms with Crippen molar-refractivity contribution in [1.29, 1.82) is 0 Å². The molecule has 9 nitrogen and oxygen atoms in total. The lowest BCUT2D eigenvalue weighted by molar-refractivity contribution is -0.116. The van der Waals surface area contributed by atoms with Crippen molar-refractivity contribution >= 4 is 29.0 Å². The normalized spacial score (nSPS) is 15.8. The fourth-order valence-electron chi connectivity index (χ4n) is 3.10. The molecule has 1 aromatic carbocycles. The van der Waals surface area contributed by atoms with Crippen LogP contribution in [0.15, 0.2) is 36.8 Å². The molecule has 0 spiro atoms. The van der Waals surface area contributed by atoms with Crippen LogP contribution >= 0.6 is 0 Å². The topological polar surface area (TPSA) is 134 Å². The Labute approximate surface area is 139 Å². The number of hydrogen-bond donors (Lipinski definition) is 3. The number of carbonyl (C=O) groups is 3. The van der Waals surface area contributed by atoms with Crippen molar-refractivity contribution in [3.05, 3.63) is 59.2 Å². The van der Waals surface area contributed by atoms with Crippen molar-refractivity contribution in [2.75, 3.05) is 5.32 Å². The van der Waals surface area contributed by atoms with Gasteiger partial charge in [0.1, 0.15) is 23.3 Å². The van der Waals surface area contributed by atoms with Crippen LogP contribution in [0.1, 0.15) is 37.9 Å². The zero-order valence-corrected chi connectivity index (χ0v) is 12.5. The summed E-state index contributed by atoms with van der Waals surface area (Å²) in [5, 5.41) is 25.4. The molecule has 0 radical (unpaired) electrons. The number of carboxylic acid groups (broad SMARTS) is 2. The molecule has 3 aromatic rings. The van der Waals surface area contributed by atoms with Gasteiger partial charge in [0, 0.05) is 11.9 Å². The quantitative estimate of drug-likeness (QED) is 0.653. The van der Waals surface area contributed by atoms with Gasteiger partial charge in [-0.15, -0.1) is 0 Å². The lowest BCUT2D eigenvalue weighted by Crippen LogP contribution is -2.17. The van der Waals surface area contributed by atoms with Crippen molar-refractivity contribution in [2.45, 2.75) is 5.92 Å². The van der Waals surface area contributed by atoms with Crippen LogP contribution in [0.5, 0.6) is 0 Å². The molecular formula is C16H10N4O5. The molecule has 1 unspecified atom stereocenters. The monoisotopic (exact) mass is 338 g/mol. The van der Waals surface area contributed by atoms with Crippen LogP contribution in [0, 0.1) is 0 Å². The van der Waals surface area contributed by atoms with Crippen LogP contribution in [-0.4, -0.2) is 42.7 Å². The SMILES string of the molecule is O=C(O)c1cn2ncnc(C3C(=O)Nc4ccccc43)c2c1C(=O)O. The van der Waals surface area contributed by atoms with Gasteiger partial charge >= 0.3 is 11.9 Å². The van der Waals surface area contributed by atoms with Gasteiger partial charge in [-0.05, 0) is 11.6 Å². The number of carbonyl (C=O) groups excluding carboxylic acids is 1. The number of fused-ring (bicyclic) bond motifs is 2. The van der Waals surface area contributed by atoms with E-state index in [9.17, 15) is 24.6 Å². The first kappa shape index (κ1) is 14.8. The predicted octanol–water partition coefficient (Wildman–Crippen LogP) is 1.21. The van der Waals surface area contributed by atoms with E-state index >= 15 is 0 Å². The van der Waals surface area contributed by atoms with Crippen molar-refractivity contribution in [3.63, 3.8) is 0 Å². The number of para-hydroxylation sites is 1. The van der Waals surface area contributed by atoms with Gasteiger partial charge in [0.15, 0.2) is 0 Å². The Kier molecular flexibility index (Phi) is 3.04. The second-order valence-electron chi connectivity index (χ2n) is 5.48. The molecule has 0 aliphatic carbocycles. The first-order chi connectivity index (χ1) is 12.0. The Bertz CT molecular complexity index is 1070. The van der Waals surface area contributed by atoms with Crippen LogP contribution in [0.4, 0.5) is 5.69 Å². The fourth-order valence-corrected chi connectivity index (χ4v) is 3.10. The number of amides is 1. The summed E-state index contributed by atoms with van der Waals surface area (Å²) in [6.45, 7) is 0. The molecule has 1 aliphatic heterocycles. The highest BCUT2D eigenvalue weighted by atomic mass is 16.4. The summed E-state index contributed by atoms with van der Waals surface area (Å²) in [7, 11) is 0. The standard InChI is InChI=1S/C16H10N4O5/c21-14-10(7-3-1-2-4-9(7)19-14)12-13-11(16(24)25)8(15(22)23)5-20(13)18-6-17-12/h1-6,10H,(H,19,21)(H,22,23)(H,24,25). The minimum Gasteiger partial charge on any atom is -0.478 e. The molecule has 1 atom stereocenters. The molecular weight excluding hydrogens is 328 g/mol. The van der Waals surface area contributed by atoms with E-state index in [1.807, 2.05) is 0 Å². The average molecular weight is 338 g/mol. The number of aromatic nitrogens is 3. The summed E-state index contributed by atoms with van der Waals surface area (Å²) in [6.07, 6.45) is 2.26. The number of nitrogens with zero attached hydrogens (tertiary/aromatic N) is 3. The maximum absolute atomic E-state index is 12.5. The molecule has 4 rings (SSSR count). The Morgan fingerprint density at radius 2 is 1.92 bits per heavy atom. The van der Waals surface area contributed by atoms with E-state index in [4.69, 9.17) is 0 Å². The molecule has 0 saturated carbocycles. The second-order valence-corrected chi connectivity index (χ2v) is 5.48. The number of rotatable bonds is 3. The van der Waals surface area contributed by atoms with Gasteiger partial charge in [0.05, 0.1) is 11.3 Å². The highest BCUT2D eigenvalue weighted by Crippen LogP contribution is 2.38. The molecule has 25 heavy (non-hydrogen) atoms. The predicted molar refractivity (Wildman–Crippen MR) is 83.8 cm³/mol. The number of nitrogens with one attached hydrogen (secondary N) is 1. The summed E-state index contributed by atoms with van der Waals surface area (Å²) in [6, 6.07) is 6.98. The third-order valence-electron chi connectivity index (χ3n) is 4.11. The van der Waals surface area contributed by atoms with Crippen LogP contribution in [0.25, 0.3) is 5.52 Å². The molecule has 3 heterocycles. The van der Waals surface area contributed by atoms with Crippen LogP contribution in [0.3, 0.4) is 0 Å². The summed E-state index contributed by atoms with van der Waals surface area (Å²) in [5.74, 6) is -4.04. The lowest BCUT2D eigenvalue weighted by atomic mass is 9.95. The first-order valence-electron chi connectivity index (χ1n) is 7.21. The minimum absolute atomic E-state index is 0.00995. The van der Waals surface area contributed by atoms with E-state index in [-0.39, 0.29) is 17.1 Å². The first-order valence-corrected chi connectivity index (χ1v) is 7.21. The third-order valence-corrected chi connectivity index (χ3v) is 4.11. The highest BCUT2D eigenvalue weighted by Gasteiger charge is 2.36. The summed E-state index contributed by atoms with van der Waals surface area (Å²) in [4.78, 5) is 39.6. The number of carboxylic acids is 2. The van der Waals surface area contributed by atoms with E-state index in [2.05, 4.69) is 15.4 Å². The Hall–Kier alpha value is -3.75. The summed E-state index contributed by atoms with van der Waals surface area (Å²) in [5.41, 5.74) is 0.520. The number of aromatic carboxylic acids is 2. The molecule has 1 amide bonds. The fraction of sp³-hybridized carbons (Fsp3) is 0.0625. The highest BCUT2D eigenvalue weighted by molar-refractivity contribution is 6.10. The van der Waals surface area contributed by atoms with E-state index in [1.54, 1.807) is 24.3 Å². The Morgan fingerprint density at radius 1 is 1.16 bits per heavy atom. The van der Waals surface area contributed by atoms with Crippen LogP contribution in [0.2, 0.25) is 0 Å². The summed E-state index contributed by atoms with van der Waals surface area (Å²) < 4.78 is 1.13. The van der Waals surface area contributed by atoms with E-state index < -0.39 is 29.0 Å². The maximum atomic E-state index is 12.5. The van der Waals surface area contributed by atoms with E-state index in [0.29, 0.717) is 11.3 Å². The van der Waals surface area contributed by atoms with Gasteiger partial charge < -0.3 is 15.5 Å². The molecule has 0 bridgehead atoms. The number of benzene rings is 1. The maximum Gasteiger partial charge on any atom is 0.338 e. The zero-order chi connectivity index (χ0) is 17.7. The Morgan fingerprint density at radius 3 is 2.64 bits per heavy atom. The molecule has 0 fully saturated rings.